The predicted octanol–water partition coefficient (Wildman–Crippen LogP) is 6.45. The molecule has 2 saturated carbocycles. The molecule has 2 fully saturated rings. The second-order valence-electron chi connectivity index (χ2n) is 16.9. The lowest BCUT2D eigenvalue weighted by Gasteiger charge is -2.09. The molecular weight excluding hydrogens is 817 g/mol. The highest BCUT2D eigenvalue weighted by Crippen LogP contribution is 2.51. The molecule has 6 heterocycles. The number of hydrogen-bond donors (Lipinski definition) is 2. The van der Waals surface area contributed by atoms with Crippen LogP contribution in [0.15, 0.2) is 61.2 Å². The zero-order chi connectivity index (χ0) is 44.8. The highest BCUT2D eigenvalue weighted by molar-refractivity contribution is 5.88. The summed E-state index contributed by atoms with van der Waals surface area (Å²) in [4.78, 5) is 22.5. The lowest BCUT2D eigenvalue weighted by atomic mass is 10.1. The lowest BCUT2D eigenvalue weighted by Crippen LogP contribution is -2.15. The molecule has 0 amide bonds. The van der Waals surface area contributed by atoms with Gasteiger partial charge >= 0.3 is 0 Å². The van der Waals surface area contributed by atoms with E-state index in [0.29, 0.717) is 94.1 Å². The van der Waals surface area contributed by atoms with Gasteiger partial charge in [-0.1, -0.05) is 19.6 Å². The van der Waals surface area contributed by atoms with E-state index in [0.717, 1.165) is 47.7 Å². The molecule has 0 saturated heterocycles. The fourth-order valence-electron chi connectivity index (χ4n) is 8.84. The van der Waals surface area contributed by atoms with Crippen LogP contribution in [0.2, 0.25) is 0 Å². The first-order valence-corrected chi connectivity index (χ1v) is 21.3. The standard InChI is InChI=1S/2C23H23N9.CH4/c2*1-4-26-21-22-27-11-16(10-25)32(22)29-23(28-21)31-13-19(18-8-15(18)12-30(2)3)17-6-5-14(9-24)7-20(17)31;/h2*5-7,11,13,15,18H,4,8,12H2,1-3H3,(H,26,28,29);1H4/t15-,18?;15-,18+;/m10./s1. The Morgan fingerprint density at radius 3 is 1.40 bits per heavy atom. The van der Waals surface area contributed by atoms with E-state index in [1.807, 2.05) is 59.4 Å². The summed E-state index contributed by atoms with van der Waals surface area (Å²) in [5, 5.41) is 55.9. The fourth-order valence-corrected chi connectivity index (χ4v) is 8.84. The van der Waals surface area contributed by atoms with E-state index in [-0.39, 0.29) is 7.43 Å². The van der Waals surface area contributed by atoms with E-state index in [4.69, 9.17) is 9.97 Å². The molecule has 0 bridgehead atoms. The molecule has 2 aromatic carbocycles. The van der Waals surface area contributed by atoms with Gasteiger partial charge in [-0.15, -0.1) is 10.2 Å². The molecule has 2 aliphatic carbocycles. The van der Waals surface area contributed by atoms with Crippen LogP contribution in [0.1, 0.15) is 79.6 Å². The first-order valence-electron chi connectivity index (χ1n) is 21.3. The van der Waals surface area contributed by atoms with Crippen LogP contribution in [0.5, 0.6) is 0 Å². The summed E-state index contributed by atoms with van der Waals surface area (Å²) >= 11 is 0. The number of anilines is 2. The third-order valence-electron chi connectivity index (χ3n) is 11.8. The molecule has 65 heavy (non-hydrogen) atoms. The SMILES string of the molecule is C.CCNc1nc(-n2cc(C3C[C@@H]3CN(C)C)c3ccc(C#N)cc32)nn2c(C#N)cnc12.CCNc1nc(-n2cc([C@@H]3C[C@H]3CN(C)C)c3ccc(C#N)cc32)nn2c(C#N)cnc12. The predicted molar refractivity (Wildman–Crippen MR) is 248 cm³/mol. The maximum atomic E-state index is 9.49. The number of imidazole rings is 2. The Bertz CT molecular complexity index is 3050. The van der Waals surface area contributed by atoms with Gasteiger partial charge in [0.25, 0.3) is 11.9 Å². The molecule has 0 spiro atoms. The van der Waals surface area contributed by atoms with Crippen molar-refractivity contribution in [3.05, 3.63) is 94.8 Å². The van der Waals surface area contributed by atoms with Gasteiger partial charge in [0.15, 0.2) is 34.3 Å². The fraction of sp³-hybridized carbons (Fsp3) is 0.362. The first-order chi connectivity index (χ1) is 31.1. The Balaban J connectivity index is 0.000000175. The molecule has 8 aromatic rings. The molecule has 2 N–H and O–H groups in total. The minimum absolute atomic E-state index is 0. The van der Waals surface area contributed by atoms with Gasteiger partial charge in [0.2, 0.25) is 0 Å². The van der Waals surface area contributed by atoms with Gasteiger partial charge in [-0.25, -0.2) is 9.97 Å². The van der Waals surface area contributed by atoms with Crippen molar-refractivity contribution >= 4 is 44.7 Å². The molecule has 6 aromatic heterocycles. The van der Waals surface area contributed by atoms with Gasteiger partial charge < -0.3 is 20.4 Å². The normalized spacial score (nSPS) is 17.3. The molecule has 0 radical (unpaired) electrons. The minimum atomic E-state index is 0. The summed E-state index contributed by atoms with van der Waals surface area (Å²) in [5.74, 6) is 4.14. The van der Waals surface area contributed by atoms with Crippen molar-refractivity contribution in [1.29, 1.82) is 21.0 Å². The van der Waals surface area contributed by atoms with Crippen molar-refractivity contribution < 1.29 is 0 Å². The minimum Gasteiger partial charge on any atom is -0.367 e. The van der Waals surface area contributed by atoms with E-state index in [2.05, 4.69) is 105 Å². The lowest BCUT2D eigenvalue weighted by molar-refractivity contribution is 0.385. The number of fused-ring (bicyclic) bond motifs is 4. The van der Waals surface area contributed by atoms with Crippen molar-refractivity contribution in [2.24, 2.45) is 11.8 Å². The molecule has 18 heteroatoms. The number of hydrogen-bond acceptors (Lipinski definition) is 14. The Morgan fingerprint density at radius 1 is 0.631 bits per heavy atom. The summed E-state index contributed by atoms with van der Waals surface area (Å²) in [7, 11) is 8.39. The molecule has 4 atom stereocenters. The van der Waals surface area contributed by atoms with Crippen LogP contribution in [0.3, 0.4) is 0 Å². The third-order valence-corrected chi connectivity index (χ3v) is 11.8. The van der Waals surface area contributed by atoms with Gasteiger partial charge in [-0.05, 0) is 114 Å². The molecule has 18 nitrogen and oxygen atoms in total. The molecule has 1 unspecified atom stereocenters. The molecule has 328 valence electrons. The Labute approximate surface area is 376 Å². The van der Waals surface area contributed by atoms with Gasteiger partial charge in [-0.3, -0.25) is 9.13 Å². The van der Waals surface area contributed by atoms with Gasteiger partial charge in [0.05, 0.1) is 46.7 Å². The number of nitrogens with zero attached hydrogens (tertiary/aromatic N) is 16. The number of aromatic nitrogens is 10. The highest BCUT2D eigenvalue weighted by atomic mass is 15.4. The van der Waals surface area contributed by atoms with Crippen LogP contribution >= 0.6 is 0 Å². The van der Waals surface area contributed by atoms with Crippen LogP contribution in [0, 0.1) is 57.2 Å². The monoisotopic (exact) mass is 866 g/mol. The first kappa shape index (κ1) is 43.7. The topological polar surface area (TPSA) is 222 Å². The highest BCUT2D eigenvalue weighted by Gasteiger charge is 2.41. The maximum Gasteiger partial charge on any atom is 0.254 e. The van der Waals surface area contributed by atoms with Gasteiger partial charge in [0, 0.05) is 49.3 Å². The van der Waals surface area contributed by atoms with E-state index >= 15 is 0 Å². The van der Waals surface area contributed by atoms with E-state index in [1.165, 1.54) is 32.6 Å². The third kappa shape index (κ3) is 8.13. The van der Waals surface area contributed by atoms with Gasteiger partial charge in [-0.2, -0.15) is 40.0 Å². The molecule has 0 aliphatic heterocycles. The van der Waals surface area contributed by atoms with Crippen molar-refractivity contribution in [2.75, 3.05) is 65.0 Å². The zero-order valence-electron chi connectivity index (χ0n) is 36.5. The van der Waals surface area contributed by atoms with Crippen LogP contribution in [-0.2, 0) is 0 Å². The summed E-state index contributed by atoms with van der Waals surface area (Å²) in [5.41, 5.74) is 7.12. The van der Waals surface area contributed by atoms with Crippen molar-refractivity contribution in [3.63, 3.8) is 0 Å². The smallest absolute Gasteiger partial charge is 0.254 e. The Kier molecular flexibility index (Phi) is 11.9. The molecule has 10 rings (SSSR count). The second-order valence-corrected chi connectivity index (χ2v) is 16.9. The average Bonchev–Trinajstić information content (AvgIpc) is 3.93. The van der Waals surface area contributed by atoms with Crippen LogP contribution in [0.25, 0.3) is 45.0 Å². The summed E-state index contributed by atoms with van der Waals surface area (Å²) < 4.78 is 6.90. The van der Waals surface area contributed by atoms with E-state index in [1.54, 1.807) is 0 Å². The summed E-state index contributed by atoms with van der Waals surface area (Å²) in [6.45, 7) is 7.36. The van der Waals surface area contributed by atoms with Crippen LogP contribution in [0.4, 0.5) is 11.6 Å². The van der Waals surface area contributed by atoms with Crippen molar-refractivity contribution in [3.8, 4) is 36.2 Å². The van der Waals surface area contributed by atoms with Crippen LogP contribution in [-0.4, -0.2) is 112 Å². The number of benzene rings is 2. The van der Waals surface area contributed by atoms with E-state index in [9.17, 15) is 21.0 Å². The number of nitrogens with one attached hydrogen (secondary N) is 2. The largest absolute Gasteiger partial charge is 0.367 e. The number of rotatable bonds is 12. The van der Waals surface area contributed by atoms with Crippen molar-refractivity contribution in [2.45, 2.75) is 46.0 Å². The van der Waals surface area contributed by atoms with Crippen LogP contribution < -0.4 is 10.6 Å². The molecular formula is C47H50N18. The molecule has 2 aliphatic rings. The Hall–Kier alpha value is -7.90. The quantitative estimate of drug-likeness (QED) is 0.135. The summed E-state index contributed by atoms with van der Waals surface area (Å²) in [6.07, 6.45) is 9.45. The van der Waals surface area contributed by atoms with Gasteiger partial charge in [0.1, 0.15) is 12.1 Å². The Morgan fingerprint density at radius 2 is 1.05 bits per heavy atom. The maximum absolute atomic E-state index is 9.49. The van der Waals surface area contributed by atoms with E-state index < -0.39 is 0 Å². The zero-order valence-corrected chi connectivity index (χ0v) is 36.5. The summed E-state index contributed by atoms with van der Waals surface area (Å²) in [6, 6.07) is 20.2. The number of nitriles is 4. The average molecular weight is 867 g/mol. The van der Waals surface area contributed by atoms with Crippen molar-refractivity contribution in [1.82, 2.24) is 58.1 Å². The second kappa shape index (κ2) is 17.7.